The standard InChI is InChI=1S/C29H25F4NO3S/c30-15-19-16-34(17-19)13-1-2-18-3-10-23(11-4-18)37-27-24-12-9-22(35)14-25(24)38-28(27)26(36)20-5-7-21(8-6-20)29(31,32)33/h3-12,14,19,35H,1-2,13,15-17H2. The summed E-state index contributed by atoms with van der Waals surface area (Å²) in [6, 6.07) is 16.3. The van der Waals surface area contributed by atoms with Crippen molar-refractivity contribution in [1.29, 1.82) is 0 Å². The average molecular weight is 544 g/mol. The molecule has 2 heterocycles. The molecular formula is C29H25F4NO3S. The Hall–Kier alpha value is -3.43. The maximum Gasteiger partial charge on any atom is 0.416 e. The van der Waals surface area contributed by atoms with E-state index < -0.39 is 17.5 Å². The van der Waals surface area contributed by atoms with Crippen LogP contribution in [0.5, 0.6) is 17.2 Å². The second-order valence-electron chi connectivity index (χ2n) is 9.47. The molecule has 4 nitrogen and oxygen atoms in total. The van der Waals surface area contributed by atoms with E-state index in [9.17, 15) is 27.5 Å². The summed E-state index contributed by atoms with van der Waals surface area (Å²) >= 11 is 1.11. The van der Waals surface area contributed by atoms with Crippen LogP contribution in [0.15, 0.2) is 66.7 Å². The number of ether oxygens (including phenoxy) is 1. The van der Waals surface area contributed by atoms with E-state index in [2.05, 4.69) is 4.90 Å². The lowest BCUT2D eigenvalue weighted by Gasteiger charge is -2.37. The third-order valence-electron chi connectivity index (χ3n) is 6.64. The van der Waals surface area contributed by atoms with E-state index in [4.69, 9.17) is 4.74 Å². The van der Waals surface area contributed by atoms with Crippen molar-refractivity contribution in [1.82, 2.24) is 4.90 Å². The maximum atomic E-state index is 13.3. The number of rotatable bonds is 9. The van der Waals surface area contributed by atoms with Crippen molar-refractivity contribution in [2.45, 2.75) is 19.0 Å². The first kappa shape index (κ1) is 26.2. The van der Waals surface area contributed by atoms with Gasteiger partial charge in [-0.25, -0.2) is 0 Å². The topological polar surface area (TPSA) is 49.8 Å². The van der Waals surface area contributed by atoms with Crippen molar-refractivity contribution in [3.8, 4) is 17.2 Å². The number of hydrogen-bond acceptors (Lipinski definition) is 5. The number of hydrogen-bond donors (Lipinski definition) is 1. The summed E-state index contributed by atoms with van der Waals surface area (Å²) in [5.74, 6) is 0.549. The number of aromatic hydroxyl groups is 1. The van der Waals surface area contributed by atoms with Crippen LogP contribution in [0.3, 0.4) is 0 Å². The van der Waals surface area contributed by atoms with E-state index in [0.717, 1.165) is 73.6 Å². The van der Waals surface area contributed by atoms with Crippen molar-refractivity contribution >= 4 is 27.2 Å². The number of nitrogens with zero attached hydrogens (tertiary/aromatic N) is 1. The minimum atomic E-state index is -4.50. The summed E-state index contributed by atoms with van der Waals surface area (Å²) in [4.78, 5) is 15.8. The number of thiophene rings is 1. The lowest BCUT2D eigenvalue weighted by molar-refractivity contribution is -0.137. The summed E-state index contributed by atoms with van der Waals surface area (Å²) in [5.41, 5.74) is 0.399. The molecule has 0 unspecified atom stereocenters. The summed E-state index contributed by atoms with van der Waals surface area (Å²) in [7, 11) is 0. The second-order valence-corrected chi connectivity index (χ2v) is 10.5. The smallest absolute Gasteiger partial charge is 0.416 e. The number of carbonyl (C=O) groups is 1. The molecule has 0 atom stereocenters. The van der Waals surface area contributed by atoms with Gasteiger partial charge in [-0.15, -0.1) is 11.3 Å². The lowest BCUT2D eigenvalue weighted by Crippen LogP contribution is -2.47. The van der Waals surface area contributed by atoms with Crippen molar-refractivity contribution < 1.29 is 32.2 Å². The Bertz CT molecular complexity index is 1430. The monoisotopic (exact) mass is 543 g/mol. The number of ketones is 1. The molecule has 38 heavy (non-hydrogen) atoms. The molecule has 0 amide bonds. The molecule has 1 aliphatic rings. The fourth-order valence-corrected chi connectivity index (χ4v) is 5.69. The number of halogens is 4. The maximum absolute atomic E-state index is 13.3. The highest BCUT2D eigenvalue weighted by atomic mass is 32.1. The molecule has 198 valence electrons. The van der Waals surface area contributed by atoms with E-state index in [1.807, 2.05) is 24.3 Å². The molecule has 5 rings (SSSR count). The van der Waals surface area contributed by atoms with Crippen LogP contribution in [-0.2, 0) is 12.6 Å². The minimum Gasteiger partial charge on any atom is -0.508 e. The first-order chi connectivity index (χ1) is 18.2. The van der Waals surface area contributed by atoms with Gasteiger partial charge in [0.05, 0.1) is 12.2 Å². The van der Waals surface area contributed by atoms with Gasteiger partial charge in [0.2, 0.25) is 5.78 Å². The van der Waals surface area contributed by atoms with Gasteiger partial charge < -0.3 is 14.7 Å². The molecular weight excluding hydrogens is 518 g/mol. The molecule has 1 aliphatic heterocycles. The van der Waals surface area contributed by atoms with E-state index >= 15 is 0 Å². The number of alkyl halides is 4. The van der Waals surface area contributed by atoms with E-state index in [0.29, 0.717) is 21.6 Å². The molecule has 9 heteroatoms. The van der Waals surface area contributed by atoms with Crippen molar-refractivity contribution in [3.63, 3.8) is 0 Å². The van der Waals surface area contributed by atoms with Crippen LogP contribution >= 0.6 is 11.3 Å². The van der Waals surface area contributed by atoms with Crippen LogP contribution in [0.4, 0.5) is 17.6 Å². The Morgan fingerprint density at radius 1 is 1.03 bits per heavy atom. The Balaban J connectivity index is 1.34. The van der Waals surface area contributed by atoms with Gasteiger partial charge in [-0.05, 0) is 67.4 Å². The highest BCUT2D eigenvalue weighted by molar-refractivity contribution is 7.21. The summed E-state index contributed by atoms with van der Waals surface area (Å²) in [5, 5.41) is 10.5. The molecule has 1 aromatic heterocycles. The van der Waals surface area contributed by atoms with Gasteiger partial charge in [-0.1, -0.05) is 24.3 Å². The first-order valence-electron chi connectivity index (χ1n) is 12.2. The second kappa shape index (κ2) is 10.7. The van der Waals surface area contributed by atoms with Gasteiger partial charge >= 0.3 is 6.18 Å². The molecule has 4 aromatic rings. The zero-order chi connectivity index (χ0) is 26.9. The van der Waals surface area contributed by atoms with Gasteiger partial charge in [0, 0.05) is 34.7 Å². The van der Waals surface area contributed by atoms with Crippen LogP contribution in [0.2, 0.25) is 0 Å². The van der Waals surface area contributed by atoms with E-state index in [1.54, 1.807) is 6.07 Å². The zero-order valence-corrected chi connectivity index (χ0v) is 21.1. The normalized spacial score (nSPS) is 14.5. The molecule has 0 aliphatic carbocycles. The molecule has 1 saturated heterocycles. The van der Waals surface area contributed by atoms with Gasteiger partial charge in [0.25, 0.3) is 0 Å². The van der Waals surface area contributed by atoms with Crippen LogP contribution in [-0.4, -0.2) is 42.1 Å². The number of fused-ring (bicyclic) bond motifs is 1. The predicted octanol–water partition coefficient (Wildman–Crippen LogP) is 7.48. The van der Waals surface area contributed by atoms with E-state index in [-0.39, 0.29) is 28.8 Å². The quantitative estimate of drug-likeness (QED) is 0.176. The number of benzene rings is 3. The first-order valence-corrected chi connectivity index (χ1v) is 13.1. The fraction of sp³-hybridized carbons (Fsp3) is 0.276. The number of phenolic OH excluding ortho intramolecular Hbond substituents is 1. The van der Waals surface area contributed by atoms with E-state index in [1.165, 1.54) is 12.1 Å². The number of carbonyl (C=O) groups excluding carboxylic acids is 1. The van der Waals surface area contributed by atoms with Gasteiger partial charge in [-0.2, -0.15) is 13.2 Å². The number of likely N-dealkylation sites (tertiary alicyclic amines) is 1. The van der Waals surface area contributed by atoms with Gasteiger partial charge in [-0.3, -0.25) is 9.18 Å². The molecule has 0 spiro atoms. The Morgan fingerprint density at radius 3 is 2.39 bits per heavy atom. The summed E-state index contributed by atoms with van der Waals surface area (Å²) < 4.78 is 58.3. The highest BCUT2D eigenvalue weighted by Crippen LogP contribution is 2.43. The molecule has 1 N–H and O–H groups in total. The number of aryl methyl sites for hydroxylation is 1. The fourth-order valence-electron chi connectivity index (χ4n) is 4.56. The SMILES string of the molecule is O=C(c1ccc(C(F)(F)F)cc1)c1sc2cc(O)ccc2c1Oc1ccc(CCCN2CC(CF)C2)cc1. The Kier molecular flexibility index (Phi) is 7.40. The third-order valence-corrected chi connectivity index (χ3v) is 7.78. The van der Waals surface area contributed by atoms with Crippen LogP contribution < -0.4 is 4.74 Å². The molecule has 3 aromatic carbocycles. The third kappa shape index (κ3) is 5.68. The lowest BCUT2D eigenvalue weighted by atomic mass is 10.0. The van der Waals surface area contributed by atoms with Gasteiger partial charge in [0.1, 0.15) is 16.4 Å². The number of phenols is 1. The van der Waals surface area contributed by atoms with Gasteiger partial charge in [0.15, 0.2) is 5.75 Å². The zero-order valence-electron chi connectivity index (χ0n) is 20.3. The van der Waals surface area contributed by atoms with Crippen molar-refractivity contribution in [3.05, 3.63) is 88.3 Å². The van der Waals surface area contributed by atoms with Crippen LogP contribution in [0.25, 0.3) is 10.1 Å². The largest absolute Gasteiger partial charge is 0.508 e. The Labute approximate surface area is 221 Å². The Morgan fingerprint density at radius 2 is 1.74 bits per heavy atom. The molecule has 0 radical (unpaired) electrons. The van der Waals surface area contributed by atoms with Crippen LogP contribution in [0.1, 0.15) is 32.8 Å². The minimum absolute atomic E-state index is 0.0293. The molecule has 0 saturated carbocycles. The molecule has 0 bridgehead atoms. The van der Waals surface area contributed by atoms with Crippen molar-refractivity contribution in [2.24, 2.45) is 5.92 Å². The predicted molar refractivity (Wildman–Crippen MR) is 139 cm³/mol. The molecule has 1 fully saturated rings. The summed E-state index contributed by atoms with van der Waals surface area (Å²) in [6.45, 7) is 2.32. The summed E-state index contributed by atoms with van der Waals surface area (Å²) in [6.07, 6.45) is -2.66. The van der Waals surface area contributed by atoms with Crippen molar-refractivity contribution in [2.75, 3.05) is 26.3 Å². The van der Waals surface area contributed by atoms with Crippen LogP contribution in [0, 0.1) is 5.92 Å². The highest BCUT2D eigenvalue weighted by Gasteiger charge is 2.31. The average Bonchev–Trinajstić information content (AvgIpc) is 3.22.